The lowest BCUT2D eigenvalue weighted by atomic mass is 9.61. The van der Waals surface area contributed by atoms with Gasteiger partial charge in [-0.05, 0) is 12.3 Å². The Hall–Kier alpha value is -0.120. The van der Waals surface area contributed by atoms with Crippen LogP contribution in [0.5, 0.6) is 0 Å². The largest absolute Gasteiger partial charge is 0.264 e. The standard InChI is InChI=1S/C8H14BrNO2/c1-5-7(3-4-9)6(2)8(5)10(11)12/h5-8H,3-4H2,1-2H3. The molecule has 3 nitrogen and oxygen atoms in total. The Morgan fingerprint density at radius 3 is 2.25 bits per heavy atom. The molecule has 0 bridgehead atoms. The van der Waals surface area contributed by atoms with Crippen molar-refractivity contribution in [1.82, 2.24) is 0 Å². The lowest BCUT2D eigenvalue weighted by molar-refractivity contribution is -0.565. The molecule has 1 saturated carbocycles. The molecule has 1 rings (SSSR count). The highest BCUT2D eigenvalue weighted by molar-refractivity contribution is 9.09. The second kappa shape index (κ2) is 3.73. The summed E-state index contributed by atoms with van der Waals surface area (Å²) in [5, 5.41) is 11.5. The van der Waals surface area contributed by atoms with Crippen LogP contribution < -0.4 is 0 Å². The molecule has 0 aromatic carbocycles. The van der Waals surface area contributed by atoms with E-state index in [9.17, 15) is 10.1 Å². The van der Waals surface area contributed by atoms with Crippen molar-refractivity contribution in [3.63, 3.8) is 0 Å². The Kier molecular flexibility index (Phi) is 3.09. The number of nitrogens with zero attached hydrogens (tertiary/aromatic N) is 1. The third kappa shape index (κ3) is 1.49. The minimum Gasteiger partial charge on any atom is -0.264 e. The molecule has 0 aliphatic heterocycles. The van der Waals surface area contributed by atoms with Crippen LogP contribution in [0, 0.1) is 27.9 Å². The number of rotatable bonds is 3. The van der Waals surface area contributed by atoms with Gasteiger partial charge in [-0.25, -0.2) is 0 Å². The molecule has 2 unspecified atom stereocenters. The van der Waals surface area contributed by atoms with Crippen molar-refractivity contribution in [3.05, 3.63) is 10.1 Å². The van der Waals surface area contributed by atoms with Crippen LogP contribution in [0.3, 0.4) is 0 Å². The topological polar surface area (TPSA) is 43.1 Å². The lowest BCUT2D eigenvalue weighted by Crippen LogP contribution is -2.52. The van der Waals surface area contributed by atoms with Gasteiger partial charge >= 0.3 is 0 Å². The van der Waals surface area contributed by atoms with Gasteiger partial charge in [0.05, 0.1) is 0 Å². The van der Waals surface area contributed by atoms with E-state index in [2.05, 4.69) is 15.9 Å². The minimum atomic E-state index is -0.297. The molecular weight excluding hydrogens is 222 g/mol. The van der Waals surface area contributed by atoms with Crippen LogP contribution in [0.1, 0.15) is 20.3 Å². The Labute approximate surface area is 80.8 Å². The van der Waals surface area contributed by atoms with Crippen molar-refractivity contribution in [2.75, 3.05) is 5.33 Å². The summed E-state index contributed by atoms with van der Waals surface area (Å²) in [7, 11) is 0. The monoisotopic (exact) mass is 235 g/mol. The van der Waals surface area contributed by atoms with Crippen molar-refractivity contribution < 1.29 is 4.92 Å². The molecule has 0 saturated heterocycles. The number of halogens is 1. The van der Waals surface area contributed by atoms with E-state index in [1.165, 1.54) is 0 Å². The first-order valence-corrected chi connectivity index (χ1v) is 5.41. The highest BCUT2D eigenvalue weighted by atomic mass is 79.9. The average molecular weight is 236 g/mol. The summed E-state index contributed by atoms with van der Waals surface area (Å²) < 4.78 is 0. The van der Waals surface area contributed by atoms with E-state index in [0.717, 1.165) is 11.8 Å². The fourth-order valence-corrected chi connectivity index (χ4v) is 2.88. The van der Waals surface area contributed by atoms with Crippen LogP contribution in [-0.4, -0.2) is 16.3 Å². The molecule has 0 heterocycles. The van der Waals surface area contributed by atoms with Gasteiger partial charge in [-0.2, -0.15) is 0 Å². The molecule has 1 fully saturated rings. The minimum absolute atomic E-state index is 0.125. The quantitative estimate of drug-likeness (QED) is 0.428. The molecule has 12 heavy (non-hydrogen) atoms. The second-order valence-corrected chi connectivity index (χ2v) is 4.43. The van der Waals surface area contributed by atoms with E-state index in [-0.39, 0.29) is 22.8 Å². The fraction of sp³-hybridized carbons (Fsp3) is 1.00. The molecule has 1 aliphatic carbocycles. The van der Waals surface area contributed by atoms with Crippen LogP contribution in [0.25, 0.3) is 0 Å². The Morgan fingerprint density at radius 1 is 1.42 bits per heavy atom. The molecule has 70 valence electrons. The number of hydrogen-bond acceptors (Lipinski definition) is 2. The number of nitro groups is 1. The maximum absolute atomic E-state index is 10.5. The molecule has 0 amide bonds. The van der Waals surface area contributed by atoms with Crippen LogP contribution in [0.15, 0.2) is 0 Å². The first-order valence-electron chi connectivity index (χ1n) is 4.29. The highest BCUT2D eigenvalue weighted by Crippen LogP contribution is 2.43. The molecule has 0 aromatic rings. The number of hydrogen-bond donors (Lipinski definition) is 0. The average Bonchev–Trinajstić information content (AvgIpc) is 2.00. The molecule has 0 aromatic heterocycles. The molecule has 2 atom stereocenters. The van der Waals surface area contributed by atoms with Gasteiger partial charge in [-0.15, -0.1) is 0 Å². The maximum atomic E-state index is 10.5. The Balaban J connectivity index is 2.50. The zero-order valence-corrected chi connectivity index (χ0v) is 8.95. The van der Waals surface area contributed by atoms with E-state index < -0.39 is 0 Å². The summed E-state index contributed by atoms with van der Waals surface area (Å²) in [4.78, 5) is 10.4. The van der Waals surface area contributed by atoms with Gasteiger partial charge in [0.15, 0.2) is 0 Å². The zero-order valence-electron chi connectivity index (χ0n) is 7.37. The fourth-order valence-electron chi connectivity index (χ4n) is 2.35. The summed E-state index contributed by atoms with van der Waals surface area (Å²) >= 11 is 3.37. The van der Waals surface area contributed by atoms with Gasteiger partial charge in [0.2, 0.25) is 6.04 Å². The molecule has 0 spiro atoms. The third-order valence-electron chi connectivity index (χ3n) is 3.11. The van der Waals surface area contributed by atoms with Crippen molar-refractivity contribution in [1.29, 1.82) is 0 Å². The SMILES string of the molecule is CC1C(CCBr)C(C)C1[N+](=O)[O-]. The molecule has 4 heteroatoms. The Morgan fingerprint density at radius 2 is 1.92 bits per heavy atom. The normalized spacial score (nSPS) is 40.6. The van der Waals surface area contributed by atoms with Crippen LogP contribution in [-0.2, 0) is 0 Å². The Bertz CT molecular complexity index is 176. The van der Waals surface area contributed by atoms with Gasteiger partial charge in [0, 0.05) is 22.1 Å². The van der Waals surface area contributed by atoms with Crippen LogP contribution in [0.2, 0.25) is 0 Å². The summed E-state index contributed by atoms with van der Waals surface area (Å²) in [5.74, 6) is 1.06. The smallest absolute Gasteiger partial charge is 0.218 e. The predicted molar refractivity (Wildman–Crippen MR) is 51.0 cm³/mol. The van der Waals surface area contributed by atoms with E-state index in [1.54, 1.807) is 0 Å². The predicted octanol–water partition coefficient (Wildman–Crippen LogP) is 2.32. The summed E-state index contributed by atoms with van der Waals surface area (Å²) in [6.07, 6.45) is 1.06. The highest BCUT2D eigenvalue weighted by Gasteiger charge is 2.52. The van der Waals surface area contributed by atoms with E-state index in [4.69, 9.17) is 0 Å². The van der Waals surface area contributed by atoms with E-state index in [1.807, 2.05) is 13.8 Å². The first kappa shape index (κ1) is 9.96. The first-order chi connectivity index (χ1) is 5.59. The maximum Gasteiger partial charge on any atom is 0.218 e. The second-order valence-electron chi connectivity index (χ2n) is 3.64. The third-order valence-corrected chi connectivity index (χ3v) is 3.57. The van der Waals surface area contributed by atoms with Crippen molar-refractivity contribution >= 4 is 15.9 Å². The van der Waals surface area contributed by atoms with Crippen molar-refractivity contribution in [3.8, 4) is 0 Å². The molecule has 1 aliphatic rings. The zero-order chi connectivity index (χ0) is 9.30. The molecular formula is C8H14BrNO2. The van der Waals surface area contributed by atoms with Gasteiger partial charge in [-0.3, -0.25) is 10.1 Å². The van der Waals surface area contributed by atoms with Crippen molar-refractivity contribution in [2.24, 2.45) is 17.8 Å². The van der Waals surface area contributed by atoms with E-state index >= 15 is 0 Å². The molecule has 0 radical (unpaired) electrons. The van der Waals surface area contributed by atoms with Gasteiger partial charge in [0.25, 0.3) is 0 Å². The van der Waals surface area contributed by atoms with Crippen LogP contribution >= 0.6 is 15.9 Å². The van der Waals surface area contributed by atoms with Crippen molar-refractivity contribution in [2.45, 2.75) is 26.3 Å². The summed E-state index contributed by atoms with van der Waals surface area (Å²) in [6.45, 7) is 3.97. The summed E-state index contributed by atoms with van der Waals surface area (Å²) in [5.41, 5.74) is 0. The van der Waals surface area contributed by atoms with Gasteiger partial charge in [0.1, 0.15) is 0 Å². The van der Waals surface area contributed by atoms with Gasteiger partial charge < -0.3 is 0 Å². The number of alkyl halides is 1. The van der Waals surface area contributed by atoms with E-state index in [0.29, 0.717) is 5.92 Å². The lowest BCUT2D eigenvalue weighted by Gasteiger charge is -2.42. The van der Waals surface area contributed by atoms with Gasteiger partial charge in [-0.1, -0.05) is 29.8 Å². The van der Waals surface area contributed by atoms with Crippen LogP contribution in [0.4, 0.5) is 0 Å². The molecule has 0 N–H and O–H groups in total. The summed E-state index contributed by atoms with van der Waals surface area (Å²) in [6, 6.07) is -0.297.